The van der Waals surface area contributed by atoms with E-state index < -0.39 is 5.92 Å². The predicted octanol–water partition coefficient (Wildman–Crippen LogP) is 2.67. The molecule has 2 amide bonds. The van der Waals surface area contributed by atoms with Crippen LogP contribution in [0.2, 0.25) is 0 Å². The lowest BCUT2D eigenvalue weighted by molar-refractivity contribution is -0.122. The van der Waals surface area contributed by atoms with Crippen molar-refractivity contribution >= 4 is 34.0 Å². The van der Waals surface area contributed by atoms with Gasteiger partial charge in [0.1, 0.15) is 16.5 Å². The number of ether oxygens (including phenoxy) is 2. The van der Waals surface area contributed by atoms with Gasteiger partial charge in [0.15, 0.2) is 0 Å². The van der Waals surface area contributed by atoms with Crippen molar-refractivity contribution in [2.75, 3.05) is 31.0 Å². The van der Waals surface area contributed by atoms with E-state index in [4.69, 9.17) is 9.47 Å². The van der Waals surface area contributed by atoms with Crippen LogP contribution in [0.15, 0.2) is 18.2 Å². The molecule has 0 unspecified atom stereocenters. The molecule has 0 spiro atoms. The van der Waals surface area contributed by atoms with Crippen LogP contribution >= 0.6 is 11.3 Å². The second-order valence-electron chi connectivity index (χ2n) is 6.53. The van der Waals surface area contributed by atoms with Gasteiger partial charge in [0.25, 0.3) is 0 Å². The van der Waals surface area contributed by atoms with Crippen LogP contribution in [0.5, 0.6) is 11.5 Å². The molecule has 1 fully saturated rings. The van der Waals surface area contributed by atoms with E-state index >= 15 is 0 Å². The van der Waals surface area contributed by atoms with Crippen molar-refractivity contribution in [2.24, 2.45) is 5.92 Å². The molecule has 9 heteroatoms. The largest absolute Gasteiger partial charge is 0.497 e. The number of aromatic nitrogens is 2. The maximum atomic E-state index is 12.6. The average Bonchev–Trinajstić information content (AvgIpc) is 3.28. The van der Waals surface area contributed by atoms with Crippen LogP contribution < -0.4 is 19.7 Å². The molecule has 1 aliphatic rings. The van der Waals surface area contributed by atoms with Crippen LogP contribution in [0.25, 0.3) is 0 Å². The van der Waals surface area contributed by atoms with Crippen LogP contribution in [0.4, 0.5) is 10.8 Å². The average molecular weight is 390 g/mol. The molecule has 27 heavy (non-hydrogen) atoms. The molecular formula is C18H22N4O4S. The lowest BCUT2D eigenvalue weighted by Gasteiger charge is -2.20. The lowest BCUT2D eigenvalue weighted by atomic mass is 10.1. The third-order valence-corrected chi connectivity index (χ3v) is 5.48. The molecular weight excluding hydrogens is 368 g/mol. The quantitative estimate of drug-likeness (QED) is 0.815. The van der Waals surface area contributed by atoms with Crippen LogP contribution in [0, 0.1) is 5.92 Å². The molecule has 2 heterocycles. The Hall–Kier alpha value is -2.68. The number of hydrogen-bond donors (Lipinski definition) is 1. The molecule has 1 saturated heterocycles. The van der Waals surface area contributed by atoms with Gasteiger partial charge in [0, 0.05) is 24.9 Å². The molecule has 0 saturated carbocycles. The van der Waals surface area contributed by atoms with Crippen molar-refractivity contribution < 1.29 is 19.1 Å². The fraction of sp³-hybridized carbons (Fsp3) is 0.444. The van der Waals surface area contributed by atoms with Gasteiger partial charge in [-0.1, -0.05) is 25.2 Å². The first-order chi connectivity index (χ1) is 12.9. The predicted molar refractivity (Wildman–Crippen MR) is 103 cm³/mol. The summed E-state index contributed by atoms with van der Waals surface area (Å²) in [6.07, 6.45) is 0.127. The highest BCUT2D eigenvalue weighted by Gasteiger charge is 2.36. The Balaban J connectivity index is 1.74. The highest BCUT2D eigenvalue weighted by atomic mass is 32.1. The molecule has 8 nitrogen and oxygen atoms in total. The minimum Gasteiger partial charge on any atom is -0.497 e. The van der Waals surface area contributed by atoms with Gasteiger partial charge >= 0.3 is 0 Å². The highest BCUT2D eigenvalue weighted by Crippen LogP contribution is 2.36. The first-order valence-corrected chi connectivity index (χ1v) is 9.41. The van der Waals surface area contributed by atoms with E-state index in [1.807, 2.05) is 13.8 Å². The Morgan fingerprint density at radius 1 is 1.30 bits per heavy atom. The first-order valence-electron chi connectivity index (χ1n) is 8.59. The number of hydrogen-bond acceptors (Lipinski definition) is 7. The van der Waals surface area contributed by atoms with E-state index in [-0.39, 0.29) is 30.7 Å². The molecule has 0 radical (unpaired) electrons. The Morgan fingerprint density at radius 3 is 2.70 bits per heavy atom. The third kappa shape index (κ3) is 4.02. The van der Waals surface area contributed by atoms with Gasteiger partial charge in [-0.3, -0.25) is 9.59 Å². The first kappa shape index (κ1) is 19.1. The maximum Gasteiger partial charge on any atom is 0.231 e. The number of anilines is 2. The molecule has 1 atom stereocenters. The van der Waals surface area contributed by atoms with Crippen molar-refractivity contribution in [1.29, 1.82) is 0 Å². The molecule has 2 aromatic rings. The zero-order valence-electron chi connectivity index (χ0n) is 15.7. The minimum absolute atomic E-state index is 0.127. The van der Waals surface area contributed by atoms with Gasteiger partial charge in [-0.25, -0.2) is 0 Å². The van der Waals surface area contributed by atoms with Gasteiger partial charge in [0.05, 0.1) is 25.8 Å². The fourth-order valence-corrected chi connectivity index (χ4v) is 3.60. The summed E-state index contributed by atoms with van der Waals surface area (Å²) >= 11 is 1.35. The van der Waals surface area contributed by atoms with Crippen molar-refractivity contribution in [3.8, 4) is 11.5 Å². The van der Waals surface area contributed by atoms with Crippen molar-refractivity contribution in [1.82, 2.24) is 10.2 Å². The summed E-state index contributed by atoms with van der Waals surface area (Å²) in [5.74, 6) is 0.565. The monoisotopic (exact) mass is 390 g/mol. The zero-order valence-corrected chi connectivity index (χ0v) is 16.5. The zero-order chi connectivity index (χ0) is 19.6. The van der Waals surface area contributed by atoms with Crippen LogP contribution in [-0.2, 0) is 9.59 Å². The van der Waals surface area contributed by atoms with E-state index in [0.29, 0.717) is 22.3 Å². The molecule has 0 bridgehead atoms. The van der Waals surface area contributed by atoms with E-state index in [9.17, 15) is 9.59 Å². The summed E-state index contributed by atoms with van der Waals surface area (Å²) < 4.78 is 10.6. The SMILES string of the molecule is COc1ccc(OC)c(N2C[C@H](C(=O)Nc3nnc(C(C)C)s3)CC2=O)c1. The standard InChI is InChI=1S/C18H22N4O4S/c1-10(2)17-20-21-18(27-17)19-16(24)11-7-15(23)22(9-11)13-8-12(25-3)5-6-14(13)26-4/h5-6,8,10-11H,7,9H2,1-4H3,(H,19,21,24)/t11-/m1/s1. The fourth-order valence-electron chi connectivity index (χ4n) is 2.85. The van der Waals surface area contributed by atoms with E-state index in [1.54, 1.807) is 30.2 Å². The Kier molecular flexibility index (Phi) is 5.59. The summed E-state index contributed by atoms with van der Waals surface area (Å²) in [6.45, 7) is 4.30. The van der Waals surface area contributed by atoms with Crippen molar-refractivity contribution in [3.05, 3.63) is 23.2 Å². The minimum atomic E-state index is -0.472. The summed E-state index contributed by atoms with van der Waals surface area (Å²) in [6, 6.07) is 5.23. The van der Waals surface area contributed by atoms with Crippen molar-refractivity contribution in [2.45, 2.75) is 26.2 Å². The second kappa shape index (κ2) is 7.91. The number of carbonyl (C=O) groups is 2. The Morgan fingerprint density at radius 2 is 2.07 bits per heavy atom. The normalized spacial score (nSPS) is 16.7. The summed E-state index contributed by atoms with van der Waals surface area (Å²) in [5.41, 5.74) is 0.593. The van der Waals surface area contributed by atoms with Gasteiger partial charge in [0.2, 0.25) is 16.9 Å². The van der Waals surface area contributed by atoms with E-state index in [1.165, 1.54) is 18.4 Å². The van der Waals surface area contributed by atoms with Crippen LogP contribution in [0.3, 0.4) is 0 Å². The van der Waals surface area contributed by atoms with Gasteiger partial charge in [-0.05, 0) is 12.1 Å². The van der Waals surface area contributed by atoms with E-state index in [2.05, 4.69) is 15.5 Å². The van der Waals surface area contributed by atoms with Gasteiger partial charge in [-0.2, -0.15) is 0 Å². The molecule has 144 valence electrons. The van der Waals surface area contributed by atoms with Crippen molar-refractivity contribution in [3.63, 3.8) is 0 Å². The molecule has 1 aromatic carbocycles. The maximum absolute atomic E-state index is 12.6. The number of nitrogens with one attached hydrogen (secondary N) is 1. The molecule has 1 N–H and O–H groups in total. The molecule has 3 rings (SSSR count). The number of methoxy groups -OCH3 is 2. The lowest BCUT2D eigenvalue weighted by Crippen LogP contribution is -2.28. The molecule has 0 aliphatic carbocycles. The molecule has 1 aromatic heterocycles. The number of rotatable bonds is 6. The Bertz CT molecular complexity index is 852. The summed E-state index contributed by atoms with van der Waals surface area (Å²) in [5, 5.41) is 12.1. The summed E-state index contributed by atoms with van der Waals surface area (Å²) in [4.78, 5) is 26.7. The van der Waals surface area contributed by atoms with Gasteiger partial charge < -0.3 is 19.7 Å². The third-order valence-electron chi connectivity index (χ3n) is 4.34. The van der Waals surface area contributed by atoms with Gasteiger partial charge in [-0.15, -0.1) is 10.2 Å². The number of carbonyl (C=O) groups excluding carboxylic acids is 2. The second-order valence-corrected chi connectivity index (χ2v) is 7.54. The molecule has 1 aliphatic heterocycles. The van der Waals surface area contributed by atoms with Crippen LogP contribution in [0.1, 0.15) is 31.2 Å². The number of nitrogens with zero attached hydrogens (tertiary/aromatic N) is 3. The van der Waals surface area contributed by atoms with Crippen LogP contribution in [-0.4, -0.2) is 42.8 Å². The number of benzene rings is 1. The van der Waals surface area contributed by atoms with E-state index in [0.717, 1.165) is 5.01 Å². The smallest absolute Gasteiger partial charge is 0.231 e. The highest BCUT2D eigenvalue weighted by molar-refractivity contribution is 7.15. The number of amides is 2. The summed E-state index contributed by atoms with van der Waals surface area (Å²) in [7, 11) is 3.10. The Labute approximate surface area is 161 Å². The topological polar surface area (TPSA) is 93.7 Å².